The zero-order chi connectivity index (χ0) is 27.8. The normalized spacial score (nSPS) is 26.5. The average Bonchev–Trinajstić information content (AvgIpc) is 3.83. The summed E-state index contributed by atoms with van der Waals surface area (Å²) in [6.07, 6.45) is 7.76. The first-order chi connectivity index (χ1) is 20.7. The van der Waals surface area contributed by atoms with Crippen LogP contribution in [-0.2, 0) is 6.42 Å². The lowest BCUT2D eigenvalue weighted by Gasteiger charge is -2.31. The van der Waals surface area contributed by atoms with Crippen molar-refractivity contribution in [3.63, 3.8) is 0 Å². The summed E-state index contributed by atoms with van der Waals surface area (Å²) in [7, 11) is 0. The Balaban J connectivity index is 1.05. The zero-order valence-corrected chi connectivity index (χ0v) is 23.6. The Morgan fingerprint density at radius 3 is 2.43 bits per heavy atom. The highest BCUT2D eigenvalue weighted by Crippen LogP contribution is 2.56. The number of hydrogen-bond acceptors (Lipinski definition) is 4. The number of aromatic amines is 2. The van der Waals surface area contributed by atoms with E-state index in [1.54, 1.807) is 5.56 Å². The number of nitrogens with zero attached hydrogens (tertiary/aromatic N) is 2. The first kappa shape index (κ1) is 24.8. The predicted octanol–water partition coefficient (Wildman–Crippen LogP) is 7.13. The van der Waals surface area contributed by atoms with Gasteiger partial charge >= 0.3 is 0 Å². The van der Waals surface area contributed by atoms with Crippen molar-refractivity contribution in [2.45, 2.75) is 62.7 Å². The molecule has 0 amide bonds. The molecule has 2 aliphatic heterocycles. The van der Waals surface area contributed by atoms with Crippen LogP contribution in [0.1, 0.15) is 72.9 Å². The molecule has 2 aromatic heterocycles. The summed E-state index contributed by atoms with van der Waals surface area (Å²) in [6, 6.07) is 20.5. The van der Waals surface area contributed by atoms with E-state index in [1.807, 2.05) is 6.20 Å². The van der Waals surface area contributed by atoms with Crippen molar-refractivity contribution in [1.29, 1.82) is 0 Å². The molecule has 5 aromatic rings. The largest absolute Gasteiger partial charge is 0.341 e. The van der Waals surface area contributed by atoms with Gasteiger partial charge in [-0.2, -0.15) is 0 Å². The Kier molecular flexibility index (Phi) is 5.67. The number of alkyl halides is 1. The SMILES string of the molecule is FC1CNC(c2nc3ccc(-c4ccc(-c5ccc(-c6cnc(C7CCCN7)[nH]6)cc5)c5c4CC4CCC54)cc3[nH]2)C1. The Hall–Kier alpha value is -3.81. The van der Waals surface area contributed by atoms with Crippen LogP contribution in [0.2, 0.25) is 0 Å². The van der Waals surface area contributed by atoms with Gasteiger partial charge in [0.2, 0.25) is 0 Å². The van der Waals surface area contributed by atoms with E-state index in [1.165, 1.54) is 52.6 Å². The highest BCUT2D eigenvalue weighted by molar-refractivity contribution is 5.86. The number of benzene rings is 3. The van der Waals surface area contributed by atoms with Crippen LogP contribution < -0.4 is 10.6 Å². The predicted molar refractivity (Wildman–Crippen MR) is 164 cm³/mol. The van der Waals surface area contributed by atoms with Gasteiger partial charge in [0.1, 0.15) is 17.8 Å². The Labute approximate surface area is 244 Å². The molecule has 4 N–H and O–H groups in total. The van der Waals surface area contributed by atoms with Crippen molar-refractivity contribution < 1.29 is 4.39 Å². The number of hydrogen-bond donors (Lipinski definition) is 4. The van der Waals surface area contributed by atoms with Crippen LogP contribution in [0.15, 0.2) is 60.8 Å². The quantitative estimate of drug-likeness (QED) is 0.185. The summed E-state index contributed by atoms with van der Waals surface area (Å²) >= 11 is 0. The zero-order valence-electron chi connectivity index (χ0n) is 23.6. The molecule has 7 heteroatoms. The van der Waals surface area contributed by atoms with Crippen LogP contribution in [-0.4, -0.2) is 39.2 Å². The molecular formula is C35H35FN6. The number of halogens is 1. The summed E-state index contributed by atoms with van der Waals surface area (Å²) in [5.74, 6) is 3.31. The number of nitrogens with one attached hydrogen (secondary N) is 4. The van der Waals surface area contributed by atoms with E-state index in [9.17, 15) is 4.39 Å². The standard InChI is InChI=1S/C35H35FN6/c36-23-16-31(38-17-23)35-40-28-12-8-22(15-30(28)41-35)24-10-11-25(33-26-9-7-21(26)14-27(24)33)19-3-5-20(6-4-19)32-18-39-34(42-32)29-2-1-13-37-29/h3-6,8,10-12,15,18,21,23,26,29,31,37-38H,1-2,7,9,13-14,16-17H2,(H,39,42)(H,40,41). The molecule has 0 bridgehead atoms. The second-order valence-corrected chi connectivity index (χ2v) is 12.8. The van der Waals surface area contributed by atoms with E-state index in [2.05, 4.69) is 80.2 Å². The molecule has 4 aliphatic rings. The summed E-state index contributed by atoms with van der Waals surface area (Å²) < 4.78 is 13.8. The molecule has 2 saturated heterocycles. The van der Waals surface area contributed by atoms with Gasteiger partial charge in [0, 0.05) is 13.0 Å². The summed E-state index contributed by atoms with van der Waals surface area (Å²) in [6.45, 7) is 1.47. The number of rotatable bonds is 5. The fourth-order valence-electron chi connectivity index (χ4n) is 7.96. The van der Waals surface area contributed by atoms with E-state index in [4.69, 9.17) is 4.98 Å². The average molecular weight is 559 g/mol. The maximum Gasteiger partial charge on any atom is 0.124 e. The molecular weight excluding hydrogens is 523 g/mol. The summed E-state index contributed by atoms with van der Waals surface area (Å²) in [5.41, 5.74) is 12.5. The lowest BCUT2D eigenvalue weighted by molar-refractivity contribution is 0.281. The first-order valence-corrected chi connectivity index (χ1v) is 15.6. The van der Waals surface area contributed by atoms with Gasteiger partial charge in [-0.25, -0.2) is 14.4 Å². The molecule has 0 radical (unpaired) electrons. The van der Waals surface area contributed by atoms with Crippen LogP contribution in [0.4, 0.5) is 4.39 Å². The molecule has 5 atom stereocenters. The fraction of sp³-hybridized carbons (Fsp3) is 0.371. The molecule has 3 fully saturated rings. The van der Waals surface area contributed by atoms with Crippen molar-refractivity contribution in [2.75, 3.05) is 13.1 Å². The third-order valence-corrected chi connectivity index (χ3v) is 10.3. The van der Waals surface area contributed by atoms with Gasteiger partial charge in [-0.15, -0.1) is 0 Å². The van der Waals surface area contributed by atoms with E-state index >= 15 is 0 Å². The topological polar surface area (TPSA) is 81.4 Å². The minimum absolute atomic E-state index is 0.0407. The van der Waals surface area contributed by atoms with E-state index in [0.717, 1.165) is 53.7 Å². The maximum absolute atomic E-state index is 13.8. The molecule has 3 aromatic carbocycles. The summed E-state index contributed by atoms with van der Waals surface area (Å²) in [4.78, 5) is 16.5. The molecule has 212 valence electrons. The second-order valence-electron chi connectivity index (χ2n) is 12.8. The Morgan fingerprint density at radius 2 is 1.64 bits per heavy atom. The van der Waals surface area contributed by atoms with Crippen LogP contribution >= 0.6 is 0 Å². The molecule has 6 nitrogen and oxygen atoms in total. The van der Waals surface area contributed by atoms with Gasteiger partial charge in [-0.05, 0) is 102 Å². The number of aromatic nitrogens is 4. The Bertz CT molecular complexity index is 1800. The van der Waals surface area contributed by atoms with Crippen molar-refractivity contribution in [3.8, 4) is 33.5 Å². The number of imidazole rings is 2. The highest BCUT2D eigenvalue weighted by Gasteiger charge is 2.42. The third kappa shape index (κ3) is 3.97. The minimum Gasteiger partial charge on any atom is -0.341 e. The molecule has 4 heterocycles. The lowest BCUT2D eigenvalue weighted by atomic mass is 9.73. The molecule has 0 spiro atoms. The van der Waals surface area contributed by atoms with E-state index in [-0.39, 0.29) is 6.04 Å². The molecule has 42 heavy (non-hydrogen) atoms. The molecule has 2 aliphatic carbocycles. The summed E-state index contributed by atoms with van der Waals surface area (Å²) in [5, 5.41) is 6.78. The van der Waals surface area contributed by atoms with Crippen molar-refractivity contribution in [3.05, 3.63) is 83.6 Å². The van der Waals surface area contributed by atoms with Crippen LogP contribution in [0.25, 0.3) is 44.5 Å². The monoisotopic (exact) mass is 558 g/mol. The highest BCUT2D eigenvalue weighted by atomic mass is 19.1. The second kappa shape index (κ2) is 9.61. The number of fused-ring (bicyclic) bond motifs is 4. The van der Waals surface area contributed by atoms with Gasteiger partial charge in [0.05, 0.1) is 35.0 Å². The van der Waals surface area contributed by atoms with Gasteiger partial charge in [-0.3, -0.25) is 0 Å². The van der Waals surface area contributed by atoms with E-state index < -0.39 is 6.17 Å². The van der Waals surface area contributed by atoms with Crippen LogP contribution in [0.5, 0.6) is 0 Å². The van der Waals surface area contributed by atoms with Crippen molar-refractivity contribution in [1.82, 2.24) is 30.6 Å². The van der Waals surface area contributed by atoms with Crippen molar-refractivity contribution in [2.24, 2.45) is 5.92 Å². The van der Waals surface area contributed by atoms with Crippen molar-refractivity contribution >= 4 is 11.0 Å². The molecule has 9 rings (SSSR count). The first-order valence-electron chi connectivity index (χ1n) is 15.6. The Morgan fingerprint density at radius 1 is 0.786 bits per heavy atom. The van der Waals surface area contributed by atoms with Gasteiger partial charge < -0.3 is 20.6 Å². The van der Waals surface area contributed by atoms with Crippen LogP contribution in [0.3, 0.4) is 0 Å². The maximum atomic E-state index is 13.8. The van der Waals surface area contributed by atoms with Crippen LogP contribution in [0, 0.1) is 5.92 Å². The van der Waals surface area contributed by atoms with Gasteiger partial charge in [0.25, 0.3) is 0 Å². The minimum atomic E-state index is -0.802. The van der Waals surface area contributed by atoms with E-state index in [0.29, 0.717) is 24.9 Å². The number of H-pyrrole nitrogens is 2. The van der Waals surface area contributed by atoms with Gasteiger partial charge in [0.15, 0.2) is 0 Å². The molecule has 1 saturated carbocycles. The third-order valence-electron chi connectivity index (χ3n) is 10.3. The smallest absolute Gasteiger partial charge is 0.124 e. The fourth-order valence-corrected chi connectivity index (χ4v) is 7.96. The molecule has 5 unspecified atom stereocenters. The lowest BCUT2D eigenvalue weighted by Crippen LogP contribution is -2.19. The van der Waals surface area contributed by atoms with Gasteiger partial charge in [-0.1, -0.05) is 42.5 Å².